The molecule has 1 N–H and O–H groups in total. The van der Waals surface area contributed by atoms with E-state index in [4.69, 9.17) is 0 Å². The highest BCUT2D eigenvalue weighted by molar-refractivity contribution is 8.14. The molecule has 0 spiro atoms. The van der Waals surface area contributed by atoms with E-state index in [2.05, 4.69) is 4.99 Å². The fourth-order valence-corrected chi connectivity index (χ4v) is 3.60. The van der Waals surface area contributed by atoms with Gasteiger partial charge in [-0.1, -0.05) is 36.9 Å². The van der Waals surface area contributed by atoms with Gasteiger partial charge in [-0.2, -0.15) is 0 Å². The van der Waals surface area contributed by atoms with Crippen molar-refractivity contribution >= 4 is 28.6 Å². The van der Waals surface area contributed by atoms with Crippen molar-refractivity contribution in [2.24, 2.45) is 10.9 Å². The standard InChI is InChI=1S/C14H18N2O2S/c1-3-11(13(17)18)12-9-16(2)14(19-12)15-10-7-5-4-6-8-10/h4-8,11-12H,3,9H2,1-2H3,(H,17,18). The molecule has 4 nitrogen and oxygen atoms in total. The molecule has 1 saturated heterocycles. The molecule has 0 saturated carbocycles. The van der Waals surface area contributed by atoms with Crippen LogP contribution in [0, 0.1) is 5.92 Å². The second kappa shape index (κ2) is 6.10. The predicted octanol–water partition coefficient (Wildman–Crippen LogP) is 2.83. The molecule has 2 rings (SSSR count). The number of benzene rings is 1. The number of rotatable bonds is 4. The van der Waals surface area contributed by atoms with Crippen LogP contribution in [0.3, 0.4) is 0 Å². The van der Waals surface area contributed by atoms with E-state index in [0.29, 0.717) is 6.42 Å². The molecule has 1 aromatic carbocycles. The van der Waals surface area contributed by atoms with E-state index in [1.807, 2.05) is 49.2 Å². The molecule has 0 amide bonds. The topological polar surface area (TPSA) is 52.9 Å². The molecular formula is C14H18N2O2S. The van der Waals surface area contributed by atoms with E-state index >= 15 is 0 Å². The number of hydrogen-bond acceptors (Lipinski definition) is 3. The lowest BCUT2D eigenvalue weighted by molar-refractivity contribution is -0.141. The summed E-state index contributed by atoms with van der Waals surface area (Å²) in [4.78, 5) is 17.8. The quantitative estimate of drug-likeness (QED) is 0.920. The van der Waals surface area contributed by atoms with Gasteiger partial charge in [-0.15, -0.1) is 0 Å². The average Bonchev–Trinajstić information content (AvgIpc) is 2.72. The molecule has 1 aliphatic rings. The Labute approximate surface area is 117 Å². The third-order valence-corrected chi connectivity index (χ3v) is 4.62. The fraction of sp³-hybridized carbons (Fsp3) is 0.429. The molecule has 102 valence electrons. The smallest absolute Gasteiger partial charge is 0.307 e. The Morgan fingerprint density at radius 3 is 2.79 bits per heavy atom. The summed E-state index contributed by atoms with van der Waals surface area (Å²) >= 11 is 1.57. The zero-order valence-electron chi connectivity index (χ0n) is 11.1. The number of carboxylic acids is 1. The minimum Gasteiger partial charge on any atom is -0.481 e. The minimum atomic E-state index is -0.714. The van der Waals surface area contributed by atoms with E-state index in [0.717, 1.165) is 17.4 Å². The molecule has 0 aromatic heterocycles. The van der Waals surface area contributed by atoms with Crippen LogP contribution in [0.15, 0.2) is 35.3 Å². The molecule has 5 heteroatoms. The van der Waals surface area contributed by atoms with Gasteiger partial charge in [0.25, 0.3) is 0 Å². The van der Waals surface area contributed by atoms with Crippen LogP contribution >= 0.6 is 11.8 Å². The maximum atomic E-state index is 11.2. The van der Waals surface area contributed by atoms with Gasteiger partial charge in [0.05, 0.1) is 11.6 Å². The molecule has 0 radical (unpaired) electrons. The summed E-state index contributed by atoms with van der Waals surface area (Å²) in [5.41, 5.74) is 0.904. The second-order valence-electron chi connectivity index (χ2n) is 4.62. The van der Waals surface area contributed by atoms with Crippen molar-refractivity contribution in [3.8, 4) is 0 Å². The average molecular weight is 278 g/mol. The van der Waals surface area contributed by atoms with Crippen LogP contribution in [0.2, 0.25) is 0 Å². The molecule has 1 aromatic rings. The number of thioether (sulfide) groups is 1. The number of amidine groups is 1. The van der Waals surface area contributed by atoms with Crippen LogP contribution in [0.4, 0.5) is 5.69 Å². The molecular weight excluding hydrogens is 260 g/mol. The van der Waals surface area contributed by atoms with Gasteiger partial charge < -0.3 is 10.0 Å². The Morgan fingerprint density at radius 2 is 2.21 bits per heavy atom. The van der Waals surface area contributed by atoms with Crippen molar-refractivity contribution in [1.82, 2.24) is 4.90 Å². The van der Waals surface area contributed by atoms with E-state index < -0.39 is 5.97 Å². The zero-order chi connectivity index (χ0) is 13.8. The van der Waals surface area contributed by atoms with Crippen LogP contribution in [0.5, 0.6) is 0 Å². The molecule has 1 fully saturated rings. The molecule has 1 aliphatic heterocycles. The van der Waals surface area contributed by atoms with Crippen molar-refractivity contribution in [2.45, 2.75) is 18.6 Å². The number of hydrogen-bond donors (Lipinski definition) is 1. The molecule has 0 bridgehead atoms. The summed E-state index contributed by atoms with van der Waals surface area (Å²) in [6.45, 7) is 2.66. The number of nitrogens with zero attached hydrogens (tertiary/aromatic N) is 2. The summed E-state index contributed by atoms with van der Waals surface area (Å²) in [6, 6.07) is 9.74. The van der Waals surface area contributed by atoms with Crippen LogP contribution in [0.25, 0.3) is 0 Å². The Bertz CT molecular complexity index is 476. The normalized spacial score (nSPS) is 22.7. The van der Waals surface area contributed by atoms with Crippen molar-refractivity contribution in [1.29, 1.82) is 0 Å². The van der Waals surface area contributed by atoms with Gasteiger partial charge in [0.15, 0.2) is 5.17 Å². The lowest BCUT2D eigenvalue weighted by Gasteiger charge is -2.15. The lowest BCUT2D eigenvalue weighted by atomic mass is 10.0. The predicted molar refractivity (Wildman–Crippen MR) is 79.0 cm³/mol. The van der Waals surface area contributed by atoms with Crippen LogP contribution in [0.1, 0.15) is 13.3 Å². The van der Waals surface area contributed by atoms with E-state index in [-0.39, 0.29) is 11.2 Å². The number of aliphatic imine (C=N–C) groups is 1. The Balaban J connectivity index is 2.13. The maximum absolute atomic E-state index is 11.2. The fourth-order valence-electron chi connectivity index (χ4n) is 2.14. The summed E-state index contributed by atoms with van der Waals surface area (Å²) in [6.07, 6.45) is 0.652. The van der Waals surface area contributed by atoms with Crippen molar-refractivity contribution in [3.63, 3.8) is 0 Å². The van der Waals surface area contributed by atoms with Gasteiger partial charge in [0.1, 0.15) is 0 Å². The number of para-hydroxylation sites is 1. The van der Waals surface area contributed by atoms with Crippen LogP contribution in [-0.4, -0.2) is 40.0 Å². The van der Waals surface area contributed by atoms with Crippen LogP contribution < -0.4 is 0 Å². The van der Waals surface area contributed by atoms with Crippen molar-refractivity contribution < 1.29 is 9.90 Å². The summed E-state index contributed by atoms with van der Waals surface area (Å²) in [5, 5.41) is 10.2. The Hall–Kier alpha value is -1.49. The highest BCUT2D eigenvalue weighted by atomic mass is 32.2. The largest absolute Gasteiger partial charge is 0.481 e. The highest BCUT2D eigenvalue weighted by Crippen LogP contribution is 2.33. The lowest BCUT2D eigenvalue weighted by Crippen LogP contribution is -2.29. The van der Waals surface area contributed by atoms with Crippen molar-refractivity contribution in [3.05, 3.63) is 30.3 Å². The number of aliphatic carboxylic acids is 1. The first-order chi connectivity index (χ1) is 9.11. The van der Waals surface area contributed by atoms with Gasteiger partial charge in [-0.25, -0.2) is 4.99 Å². The molecule has 19 heavy (non-hydrogen) atoms. The second-order valence-corrected chi connectivity index (χ2v) is 5.83. The van der Waals surface area contributed by atoms with Crippen molar-refractivity contribution in [2.75, 3.05) is 13.6 Å². The highest BCUT2D eigenvalue weighted by Gasteiger charge is 2.35. The third kappa shape index (κ3) is 3.29. The first-order valence-corrected chi connectivity index (χ1v) is 7.24. The van der Waals surface area contributed by atoms with Gasteiger partial charge in [-0.05, 0) is 18.6 Å². The third-order valence-electron chi connectivity index (χ3n) is 3.22. The monoisotopic (exact) mass is 278 g/mol. The van der Waals surface area contributed by atoms with Gasteiger partial charge in [0, 0.05) is 18.8 Å². The molecule has 0 aliphatic carbocycles. The minimum absolute atomic E-state index is 0.0787. The molecule has 2 atom stereocenters. The Kier molecular flexibility index (Phi) is 4.47. The Morgan fingerprint density at radius 1 is 1.53 bits per heavy atom. The SMILES string of the molecule is CCC(C(=O)O)C1CN(C)C(=Nc2ccccc2)S1. The van der Waals surface area contributed by atoms with E-state index in [9.17, 15) is 9.90 Å². The molecule has 2 unspecified atom stereocenters. The van der Waals surface area contributed by atoms with E-state index in [1.54, 1.807) is 11.8 Å². The molecule has 1 heterocycles. The van der Waals surface area contributed by atoms with Gasteiger partial charge in [0.2, 0.25) is 0 Å². The van der Waals surface area contributed by atoms with Crippen LogP contribution in [-0.2, 0) is 4.79 Å². The first-order valence-electron chi connectivity index (χ1n) is 6.36. The first kappa shape index (κ1) is 13.9. The zero-order valence-corrected chi connectivity index (χ0v) is 11.9. The summed E-state index contributed by atoms with van der Waals surface area (Å²) < 4.78 is 0. The maximum Gasteiger partial charge on any atom is 0.307 e. The number of carbonyl (C=O) groups is 1. The van der Waals surface area contributed by atoms with E-state index in [1.165, 1.54) is 0 Å². The summed E-state index contributed by atoms with van der Waals surface area (Å²) in [7, 11) is 1.96. The van der Waals surface area contributed by atoms with Gasteiger partial charge >= 0.3 is 5.97 Å². The van der Waals surface area contributed by atoms with Gasteiger partial charge in [-0.3, -0.25) is 4.79 Å². The summed E-state index contributed by atoms with van der Waals surface area (Å²) in [5.74, 6) is -1.02. The number of carboxylic acid groups (broad SMARTS) is 1.